The molecule has 0 aromatic carbocycles. The third kappa shape index (κ3) is 25.2. The van der Waals surface area contributed by atoms with Crippen LogP contribution in [-0.2, 0) is 13.9 Å². The van der Waals surface area contributed by atoms with Gasteiger partial charge in [-0.15, -0.1) is 11.8 Å². The first-order valence-corrected chi connectivity index (χ1v) is 13.5. The van der Waals surface area contributed by atoms with E-state index in [0.29, 0.717) is 6.42 Å². The maximum Gasteiger partial charge on any atom is 0.469 e. The predicted octanol–water partition coefficient (Wildman–Crippen LogP) is 4.84. The van der Waals surface area contributed by atoms with E-state index in [-0.39, 0.29) is 12.5 Å². The van der Waals surface area contributed by atoms with E-state index in [0.717, 1.165) is 32.1 Å². The molecule has 1 atom stereocenters. The Kier molecular flexibility index (Phi) is 20.4. The van der Waals surface area contributed by atoms with E-state index < -0.39 is 20.5 Å². The zero-order valence-corrected chi connectivity index (χ0v) is 20.2. The predicted molar refractivity (Wildman–Crippen MR) is 124 cm³/mol. The van der Waals surface area contributed by atoms with Gasteiger partial charge in [-0.05, 0) is 19.3 Å². The van der Waals surface area contributed by atoms with Crippen molar-refractivity contribution in [2.45, 2.75) is 116 Å². The largest absolute Gasteiger partial charge is 0.469 e. The molecule has 1 amide bonds. The molecule has 0 aromatic rings. The molecule has 0 aliphatic carbocycles. The number of amides is 1. The number of phosphoric acid groups is 1. The Hall–Kier alpha value is -0.900. The first kappa shape index (κ1) is 30.1. The lowest BCUT2D eigenvalue weighted by molar-refractivity contribution is -0.121. The van der Waals surface area contributed by atoms with Crippen LogP contribution in [0.1, 0.15) is 110 Å². The van der Waals surface area contributed by atoms with E-state index in [1.807, 2.05) is 0 Å². The summed E-state index contributed by atoms with van der Waals surface area (Å²) in [6.45, 7) is 1.63. The van der Waals surface area contributed by atoms with Crippen molar-refractivity contribution in [1.29, 1.82) is 0 Å². The number of aliphatic hydroxyl groups is 1. The SMILES string of the molecule is CCCCCCC#CCCCCCCCCCCCC(=O)NCC(O)COP(=O)(O)O. The molecule has 182 valence electrons. The monoisotopic (exact) mass is 461 g/mol. The zero-order valence-electron chi connectivity index (χ0n) is 19.3. The highest BCUT2D eigenvalue weighted by molar-refractivity contribution is 7.46. The van der Waals surface area contributed by atoms with Gasteiger partial charge in [0.2, 0.25) is 5.91 Å². The van der Waals surface area contributed by atoms with Crippen LogP contribution in [0.4, 0.5) is 0 Å². The molecule has 0 bridgehead atoms. The van der Waals surface area contributed by atoms with Crippen molar-refractivity contribution in [3.05, 3.63) is 0 Å². The number of carbonyl (C=O) groups excluding carboxylic acids is 1. The molecule has 1 unspecified atom stereocenters. The fraction of sp³-hybridized carbons (Fsp3) is 0.870. The average Bonchev–Trinajstić information content (AvgIpc) is 2.72. The molecule has 0 radical (unpaired) electrons. The van der Waals surface area contributed by atoms with E-state index in [9.17, 15) is 14.5 Å². The molecule has 7 nitrogen and oxygen atoms in total. The van der Waals surface area contributed by atoms with Gasteiger partial charge in [0.1, 0.15) is 0 Å². The summed E-state index contributed by atoms with van der Waals surface area (Å²) < 4.78 is 14.7. The third-order valence-electron chi connectivity index (χ3n) is 4.96. The molecule has 4 N–H and O–H groups in total. The van der Waals surface area contributed by atoms with Gasteiger partial charge in [0.05, 0.1) is 12.7 Å². The lowest BCUT2D eigenvalue weighted by Crippen LogP contribution is -2.34. The molecule has 0 fully saturated rings. The number of aliphatic hydroxyl groups excluding tert-OH is 1. The maximum atomic E-state index is 11.7. The molecule has 0 aliphatic heterocycles. The van der Waals surface area contributed by atoms with Gasteiger partial charge in [-0.3, -0.25) is 9.32 Å². The van der Waals surface area contributed by atoms with Crippen molar-refractivity contribution >= 4 is 13.7 Å². The summed E-state index contributed by atoms with van der Waals surface area (Å²) in [6.07, 6.45) is 16.9. The van der Waals surface area contributed by atoms with Crippen molar-refractivity contribution < 1.29 is 28.8 Å². The number of phosphoric ester groups is 1. The molecule has 0 heterocycles. The maximum absolute atomic E-state index is 11.7. The molecular weight excluding hydrogens is 417 g/mol. The summed E-state index contributed by atoms with van der Waals surface area (Å²) in [6, 6.07) is 0. The van der Waals surface area contributed by atoms with Crippen LogP contribution in [0.3, 0.4) is 0 Å². The van der Waals surface area contributed by atoms with Gasteiger partial charge in [-0.2, -0.15) is 0 Å². The summed E-state index contributed by atoms with van der Waals surface area (Å²) in [5.41, 5.74) is 0. The minimum absolute atomic E-state index is 0.0800. The summed E-state index contributed by atoms with van der Waals surface area (Å²) in [4.78, 5) is 28.8. The van der Waals surface area contributed by atoms with Crippen LogP contribution in [0.15, 0.2) is 0 Å². The van der Waals surface area contributed by atoms with Crippen molar-refractivity contribution in [2.75, 3.05) is 13.2 Å². The van der Waals surface area contributed by atoms with E-state index >= 15 is 0 Å². The second-order valence-electron chi connectivity index (χ2n) is 8.09. The first-order chi connectivity index (χ1) is 14.8. The normalized spacial score (nSPS) is 12.3. The molecule has 0 saturated carbocycles. The van der Waals surface area contributed by atoms with Crippen LogP contribution in [0.2, 0.25) is 0 Å². The summed E-state index contributed by atoms with van der Waals surface area (Å²) in [5.74, 6) is 6.40. The van der Waals surface area contributed by atoms with Gasteiger partial charge in [0.15, 0.2) is 0 Å². The van der Waals surface area contributed by atoms with Crippen molar-refractivity contribution in [3.8, 4) is 11.8 Å². The van der Waals surface area contributed by atoms with Gasteiger partial charge in [-0.25, -0.2) is 4.57 Å². The minimum Gasteiger partial charge on any atom is -0.389 e. The molecule has 0 saturated heterocycles. The average molecular weight is 462 g/mol. The number of rotatable bonds is 20. The highest BCUT2D eigenvalue weighted by Gasteiger charge is 2.17. The number of hydrogen-bond donors (Lipinski definition) is 4. The van der Waals surface area contributed by atoms with Gasteiger partial charge in [-0.1, -0.05) is 71.1 Å². The molecule has 31 heavy (non-hydrogen) atoms. The van der Waals surface area contributed by atoms with Crippen molar-refractivity contribution in [1.82, 2.24) is 5.32 Å². The highest BCUT2D eigenvalue weighted by atomic mass is 31.2. The second-order valence-corrected chi connectivity index (χ2v) is 9.33. The molecule has 0 aromatic heterocycles. The third-order valence-corrected chi connectivity index (χ3v) is 5.44. The molecule has 0 rings (SSSR count). The summed E-state index contributed by atoms with van der Waals surface area (Å²) in [7, 11) is -4.59. The quantitative estimate of drug-likeness (QED) is 0.117. The number of hydrogen-bond acceptors (Lipinski definition) is 4. The van der Waals surface area contributed by atoms with Crippen LogP contribution < -0.4 is 5.32 Å². The van der Waals surface area contributed by atoms with Crippen LogP contribution in [0.25, 0.3) is 0 Å². The van der Waals surface area contributed by atoms with Gasteiger partial charge in [0.25, 0.3) is 0 Å². The van der Waals surface area contributed by atoms with E-state index in [2.05, 4.69) is 28.6 Å². The van der Waals surface area contributed by atoms with E-state index in [1.54, 1.807) is 0 Å². The lowest BCUT2D eigenvalue weighted by Gasteiger charge is -2.12. The van der Waals surface area contributed by atoms with Gasteiger partial charge < -0.3 is 20.2 Å². The fourth-order valence-electron chi connectivity index (χ4n) is 3.12. The Morgan fingerprint density at radius 1 is 0.871 bits per heavy atom. The Morgan fingerprint density at radius 2 is 1.35 bits per heavy atom. The second kappa shape index (κ2) is 21.0. The number of unbranched alkanes of at least 4 members (excludes halogenated alkanes) is 13. The number of nitrogens with one attached hydrogen (secondary N) is 1. The molecular formula is C23H44NO6P. The summed E-state index contributed by atoms with van der Waals surface area (Å²) in [5, 5.41) is 12.0. The van der Waals surface area contributed by atoms with Crippen LogP contribution in [0.5, 0.6) is 0 Å². The Balaban J connectivity index is 3.34. The fourth-order valence-corrected chi connectivity index (χ4v) is 3.48. The lowest BCUT2D eigenvalue weighted by atomic mass is 10.1. The van der Waals surface area contributed by atoms with Crippen molar-refractivity contribution in [2.24, 2.45) is 0 Å². The van der Waals surface area contributed by atoms with Gasteiger partial charge in [0, 0.05) is 25.8 Å². The number of carbonyl (C=O) groups is 1. The standard InChI is InChI=1S/C23H44NO6P/c1-2-3-4-5-6-7-8-9-10-11-12-13-14-15-16-17-18-19-23(26)24-20-22(25)21-30-31(27,28)29/h22,25H,2-6,9-21H2,1H3,(H,24,26)(H2,27,28,29). The summed E-state index contributed by atoms with van der Waals surface area (Å²) >= 11 is 0. The van der Waals surface area contributed by atoms with Crippen LogP contribution in [-0.4, -0.2) is 40.1 Å². The Morgan fingerprint density at radius 3 is 1.87 bits per heavy atom. The van der Waals surface area contributed by atoms with Crippen molar-refractivity contribution in [3.63, 3.8) is 0 Å². The molecule has 0 spiro atoms. The van der Waals surface area contributed by atoms with E-state index in [4.69, 9.17) is 9.79 Å². The van der Waals surface area contributed by atoms with Crippen LogP contribution >= 0.6 is 7.82 Å². The van der Waals surface area contributed by atoms with E-state index in [1.165, 1.54) is 64.2 Å². The topological polar surface area (TPSA) is 116 Å². The highest BCUT2D eigenvalue weighted by Crippen LogP contribution is 2.35. The molecule has 8 heteroatoms. The Labute approximate surface area is 189 Å². The smallest absolute Gasteiger partial charge is 0.389 e. The minimum atomic E-state index is -4.59. The Bertz CT molecular complexity index is 540. The zero-order chi connectivity index (χ0) is 23.2. The molecule has 0 aliphatic rings. The van der Waals surface area contributed by atoms with Gasteiger partial charge >= 0.3 is 7.82 Å². The first-order valence-electron chi connectivity index (χ1n) is 12.0. The van der Waals surface area contributed by atoms with Crippen LogP contribution in [0, 0.1) is 11.8 Å².